The molecule has 2 aromatic heterocycles. The molecular formula is C34H36FN7O4S. The molecule has 1 fully saturated rings. The topological polar surface area (TPSA) is 113 Å². The second-order valence-electron chi connectivity index (χ2n) is 11.8. The highest BCUT2D eigenvalue weighted by atomic mass is 32.2. The fourth-order valence-corrected chi connectivity index (χ4v) is 7.05. The quantitative estimate of drug-likeness (QED) is 0.151. The van der Waals surface area contributed by atoms with Crippen molar-refractivity contribution in [2.24, 2.45) is 0 Å². The molecule has 1 unspecified atom stereocenters. The van der Waals surface area contributed by atoms with Crippen molar-refractivity contribution in [1.82, 2.24) is 24.3 Å². The smallest absolute Gasteiger partial charge is 0.322 e. The van der Waals surface area contributed by atoms with Gasteiger partial charge >= 0.3 is 6.47 Å². The molecule has 1 aliphatic rings. The Bertz CT molecular complexity index is 1990. The predicted octanol–water partition coefficient (Wildman–Crippen LogP) is 5.21. The van der Waals surface area contributed by atoms with Gasteiger partial charge in [0.25, 0.3) is 10.0 Å². The number of piperazine rings is 1. The molecule has 1 atom stereocenters. The Morgan fingerprint density at radius 1 is 1.00 bits per heavy atom. The van der Waals surface area contributed by atoms with Gasteiger partial charge in [-0.2, -0.15) is 8.42 Å². The molecule has 0 aliphatic carbocycles. The number of carbonyl (C=O) groups excluding carboxylic acids is 1. The number of aromatic nitrogens is 3. The third kappa shape index (κ3) is 6.97. The number of hydrogen-bond donors (Lipinski definition) is 1. The van der Waals surface area contributed by atoms with Crippen molar-refractivity contribution in [3.05, 3.63) is 96.7 Å². The first-order valence-electron chi connectivity index (χ1n) is 15.3. The number of benzene rings is 3. The first kappa shape index (κ1) is 32.1. The Hall–Kier alpha value is -4.85. The molecule has 0 bridgehead atoms. The van der Waals surface area contributed by atoms with Crippen molar-refractivity contribution in [3.63, 3.8) is 0 Å². The summed E-state index contributed by atoms with van der Waals surface area (Å²) < 4.78 is 43.6. The molecule has 0 radical (unpaired) electrons. The van der Waals surface area contributed by atoms with Crippen LogP contribution in [0.4, 0.5) is 21.6 Å². The van der Waals surface area contributed by atoms with E-state index in [4.69, 9.17) is 4.84 Å². The number of hydrogen-bond acceptors (Lipinski definition) is 9. The third-order valence-corrected chi connectivity index (χ3v) is 10.0. The first-order chi connectivity index (χ1) is 22.6. The van der Waals surface area contributed by atoms with Crippen molar-refractivity contribution >= 4 is 44.6 Å². The van der Waals surface area contributed by atoms with E-state index in [1.54, 1.807) is 19.1 Å². The average molecular weight is 658 g/mol. The van der Waals surface area contributed by atoms with Crippen LogP contribution >= 0.6 is 0 Å². The Balaban J connectivity index is 1.16. The van der Waals surface area contributed by atoms with Crippen LogP contribution < -0.4 is 9.79 Å². The molecule has 3 heterocycles. The summed E-state index contributed by atoms with van der Waals surface area (Å²) in [6.45, 7) is 9.17. The average Bonchev–Trinajstić information content (AvgIpc) is 3.46. The molecule has 6 rings (SSSR count). The fraction of sp³-hybridized carbons (Fsp3) is 0.265. The molecule has 3 aromatic carbocycles. The number of halogens is 1. The molecular weight excluding hydrogens is 621 g/mol. The Labute approximate surface area is 273 Å². The lowest BCUT2D eigenvalue weighted by Crippen LogP contribution is -2.49. The summed E-state index contributed by atoms with van der Waals surface area (Å²) >= 11 is 0. The zero-order chi connectivity index (χ0) is 33.1. The van der Waals surface area contributed by atoms with Gasteiger partial charge in [-0.3, -0.25) is 9.69 Å². The standard InChI is InChI=1S/C34H36FN7O4S/c1-24-4-11-33(30(35)18-24)47(44,45)42(46-23-43)29-8-6-28(7-9-29)38-34-20-31(36-22-37-34)26-5-10-32-27(19-26)12-13-41(32)21-25(2)40-16-14-39(3)15-17-40/h4-13,18-20,22-23,25H,14-17,21H2,1-3H3,(H,36,37,38). The van der Waals surface area contributed by atoms with Gasteiger partial charge in [0.15, 0.2) is 0 Å². The maximum atomic E-state index is 14.5. The summed E-state index contributed by atoms with van der Waals surface area (Å²) in [6.07, 6.45) is 3.61. The highest BCUT2D eigenvalue weighted by Crippen LogP contribution is 2.29. The number of nitrogens with zero attached hydrogens (tertiary/aromatic N) is 6. The molecule has 0 spiro atoms. The summed E-state index contributed by atoms with van der Waals surface area (Å²) in [5.74, 6) is -0.424. The Morgan fingerprint density at radius 2 is 1.77 bits per heavy atom. The van der Waals surface area contributed by atoms with Crippen LogP contribution in [0.15, 0.2) is 90.2 Å². The Morgan fingerprint density at radius 3 is 2.49 bits per heavy atom. The van der Waals surface area contributed by atoms with Gasteiger partial charge in [-0.1, -0.05) is 16.6 Å². The maximum absolute atomic E-state index is 14.5. The monoisotopic (exact) mass is 657 g/mol. The van der Waals surface area contributed by atoms with E-state index in [0.717, 1.165) is 61.5 Å². The zero-order valence-corrected chi connectivity index (χ0v) is 27.2. The molecule has 11 nitrogen and oxygen atoms in total. The van der Waals surface area contributed by atoms with Crippen LogP contribution in [0.1, 0.15) is 12.5 Å². The van der Waals surface area contributed by atoms with Gasteiger partial charge in [-0.15, -0.1) is 0 Å². The summed E-state index contributed by atoms with van der Waals surface area (Å²) in [5.41, 5.74) is 3.99. The molecule has 0 amide bonds. The van der Waals surface area contributed by atoms with Gasteiger partial charge in [0.05, 0.1) is 11.4 Å². The molecule has 5 aromatic rings. The summed E-state index contributed by atoms with van der Waals surface area (Å²) in [7, 11) is -2.37. The molecule has 13 heteroatoms. The number of anilines is 3. The van der Waals surface area contributed by atoms with E-state index >= 15 is 0 Å². The van der Waals surface area contributed by atoms with Crippen LogP contribution in [0.5, 0.6) is 0 Å². The normalized spacial score (nSPS) is 15.0. The minimum Gasteiger partial charge on any atom is -0.346 e. The molecule has 0 saturated carbocycles. The lowest BCUT2D eigenvalue weighted by Gasteiger charge is -2.36. The second-order valence-corrected chi connectivity index (χ2v) is 13.5. The van der Waals surface area contributed by atoms with Crippen molar-refractivity contribution in [1.29, 1.82) is 0 Å². The number of fused-ring (bicyclic) bond motifs is 1. The van der Waals surface area contributed by atoms with Gasteiger partial charge in [-0.25, -0.2) is 14.4 Å². The van der Waals surface area contributed by atoms with E-state index < -0.39 is 20.7 Å². The minimum atomic E-state index is -4.54. The predicted molar refractivity (Wildman–Crippen MR) is 179 cm³/mol. The van der Waals surface area contributed by atoms with E-state index in [9.17, 15) is 17.6 Å². The third-order valence-electron chi connectivity index (χ3n) is 8.43. The maximum Gasteiger partial charge on any atom is 0.322 e. The summed E-state index contributed by atoms with van der Waals surface area (Å²) in [4.78, 5) is 29.1. The van der Waals surface area contributed by atoms with Crippen molar-refractivity contribution in [2.75, 3.05) is 43.0 Å². The van der Waals surface area contributed by atoms with Gasteiger partial charge in [0.1, 0.15) is 22.9 Å². The lowest BCUT2D eigenvalue weighted by atomic mass is 10.1. The molecule has 47 heavy (non-hydrogen) atoms. The summed E-state index contributed by atoms with van der Waals surface area (Å²) in [6, 6.07) is 20.4. The minimum absolute atomic E-state index is 0.00386. The summed E-state index contributed by atoms with van der Waals surface area (Å²) in [5, 5.41) is 4.32. The van der Waals surface area contributed by atoms with Crippen LogP contribution in [0.2, 0.25) is 0 Å². The molecule has 1 N–H and O–H groups in total. The Kier molecular flexibility index (Phi) is 9.21. The largest absolute Gasteiger partial charge is 0.346 e. The van der Waals surface area contributed by atoms with E-state index in [0.29, 0.717) is 27.6 Å². The number of carbonyl (C=O) groups is 1. The van der Waals surface area contributed by atoms with Crippen LogP contribution in [0.3, 0.4) is 0 Å². The van der Waals surface area contributed by atoms with Crippen LogP contribution in [-0.4, -0.2) is 78.5 Å². The van der Waals surface area contributed by atoms with E-state index in [1.807, 2.05) is 6.07 Å². The lowest BCUT2D eigenvalue weighted by molar-refractivity contribution is -0.128. The van der Waals surface area contributed by atoms with Crippen LogP contribution in [0, 0.1) is 12.7 Å². The first-order valence-corrected chi connectivity index (χ1v) is 16.7. The van der Waals surface area contributed by atoms with E-state index in [1.165, 1.54) is 30.0 Å². The molecule has 1 saturated heterocycles. The fourth-order valence-electron chi connectivity index (χ4n) is 5.78. The van der Waals surface area contributed by atoms with Gasteiger partial charge in [0, 0.05) is 73.2 Å². The second kappa shape index (κ2) is 13.5. The van der Waals surface area contributed by atoms with Crippen LogP contribution in [-0.2, 0) is 26.2 Å². The molecule has 244 valence electrons. The highest BCUT2D eigenvalue weighted by molar-refractivity contribution is 7.92. The van der Waals surface area contributed by atoms with Crippen molar-refractivity contribution in [2.45, 2.75) is 31.3 Å². The van der Waals surface area contributed by atoms with Crippen molar-refractivity contribution < 1.29 is 22.4 Å². The zero-order valence-electron chi connectivity index (χ0n) is 26.4. The number of nitrogens with one attached hydrogen (secondary N) is 1. The van der Waals surface area contributed by atoms with E-state index in [-0.39, 0.29) is 12.2 Å². The van der Waals surface area contributed by atoms with E-state index in [2.05, 4.69) is 74.1 Å². The SMILES string of the molecule is Cc1ccc(S(=O)(=O)N(OC=O)c2ccc(Nc3cc(-c4ccc5c(ccn5CC(C)N5CCN(C)CC5)c4)ncn3)cc2)c(F)c1. The van der Waals surface area contributed by atoms with Gasteiger partial charge < -0.3 is 19.6 Å². The van der Waals surface area contributed by atoms with Crippen LogP contribution in [0.25, 0.3) is 22.2 Å². The number of sulfonamides is 1. The highest BCUT2D eigenvalue weighted by Gasteiger charge is 2.30. The molecule has 1 aliphatic heterocycles. The van der Waals surface area contributed by atoms with Gasteiger partial charge in [0.2, 0.25) is 0 Å². The number of aryl methyl sites for hydroxylation is 1. The van der Waals surface area contributed by atoms with Gasteiger partial charge in [-0.05, 0) is 81.1 Å². The number of rotatable bonds is 11. The number of likely N-dealkylation sites (N-methyl/N-ethyl adjacent to an activating group) is 1. The van der Waals surface area contributed by atoms with Crippen molar-refractivity contribution in [3.8, 4) is 11.3 Å².